The number of hydrogen-bond donors (Lipinski definition) is 0. The van der Waals surface area contributed by atoms with Gasteiger partial charge in [-0.2, -0.15) is 4.98 Å². The van der Waals surface area contributed by atoms with Gasteiger partial charge < -0.3 is 14.2 Å². The molecule has 1 amide bonds. The Kier molecular flexibility index (Phi) is 6.01. The Bertz CT molecular complexity index is 944. The third kappa shape index (κ3) is 5.22. The molecule has 0 aliphatic carbocycles. The van der Waals surface area contributed by atoms with Crippen LogP contribution in [0.15, 0.2) is 59.1 Å². The second-order valence-corrected chi connectivity index (χ2v) is 8.11. The van der Waals surface area contributed by atoms with E-state index >= 15 is 0 Å². The summed E-state index contributed by atoms with van der Waals surface area (Å²) in [5.74, 6) is 1.38. The van der Waals surface area contributed by atoms with E-state index in [-0.39, 0.29) is 17.9 Å². The van der Waals surface area contributed by atoms with Crippen LogP contribution in [0.1, 0.15) is 39.1 Å². The van der Waals surface area contributed by atoms with Crippen LogP contribution in [-0.4, -0.2) is 34.1 Å². The summed E-state index contributed by atoms with van der Waals surface area (Å²) in [4.78, 5) is 18.6. The van der Waals surface area contributed by atoms with Crippen molar-refractivity contribution in [2.45, 2.75) is 45.8 Å². The highest BCUT2D eigenvalue weighted by molar-refractivity contribution is 5.80. The zero-order valence-electron chi connectivity index (χ0n) is 17.5. The minimum absolute atomic E-state index is 0.0723. The fourth-order valence-electron chi connectivity index (χ4n) is 2.90. The molecule has 6 heteroatoms. The third-order valence-electron chi connectivity index (χ3n) is 4.63. The molecule has 0 radical (unpaired) electrons. The van der Waals surface area contributed by atoms with Crippen molar-refractivity contribution >= 4 is 5.91 Å². The number of carbonyl (C=O) groups is 1. The molecule has 152 valence electrons. The number of ether oxygens (including phenoxy) is 1. The highest BCUT2D eigenvalue weighted by Gasteiger charge is 2.22. The van der Waals surface area contributed by atoms with Crippen LogP contribution in [0, 0.1) is 0 Å². The molecule has 0 aliphatic rings. The number of aromatic nitrogens is 2. The Morgan fingerprint density at radius 3 is 2.38 bits per heavy atom. The first-order valence-corrected chi connectivity index (χ1v) is 9.64. The normalized spacial score (nSPS) is 12.4. The Hall–Kier alpha value is -3.15. The van der Waals surface area contributed by atoms with Gasteiger partial charge in [-0.05, 0) is 30.0 Å². The zero-order chi connectivity index (χ0) is 21.0. The number of carbonyl (C=O) groups excluding carboxylic acids is 1. The van der Waals surface area contributed by atoms with Crippen molar-refractivity contribution in [1.29, 1.82) is 0 Å². The third-order valence-corrected chi connectivity index (χ3v) is 4.63. The van der Waals surface area contributed by atoms with E-state index in [4.69, 9.17) is 9.26 Å². The molecule has 0 aliphatic heterocycles. The molecule has 2 aromatic carbocycles. The van der Waals surface area contributed by atoms with Gasteiger partial charge >= 0.3 is 0 Å². The molecule has 0 saturated heterocycles. The summed E-state index contributed by atoms with van der Waals surface area (Å²) in [5.41, 5.74) is 2.15. The smallest absolute Gasteiger partial charge is 0.263 e. The number of benzene rings is 2. The minimum atomic E-state index is -0.628. The molecule has 6 nitrogen and oxygen atoms in total. The van der Waals surface area contributed by atoms with E-state index in [2.05, 4.69) is 30.9 Å². The van der Waals surface area contributed by atoms with Crippen LogP contribution >= 0.6 is 0 Å². The van der Waals surface area contributed by atoms with Gasteiger partial charge in [0.1, 0.15) is 5.75 Å². The molecule has 0 fully saturated rings. The van der Waals surface area contributed by atoms with Crippen LogP contribution in [0.2, 0.25) is 0 Å². The van der Waals surface area contributed by atoms with Gasteiger partial charge in [0.15, 0.2) is 6.10 Å². The summed E-state index contributed by atoms with van der Waals surface area (Å²) < 4.78 is 11.1. The first-order chi connectivity index (χ1) is 13.7. The molecule has 1 aromatic heterocycles. The van der Waals surface area contributed by atoms with E-state index in [0.29, 0.717) is 17.5 Å². The number of likely N-dealkylation sites (N-methyl/N-ethyl adjacent to an activating group) is 1. The largest absolute Gasteiger partial charge is 0.481 e. The zero-order valence-corrected chi connectivity index (χ0v) is 17.5. The average Bonchev–Trinajstić information content (AvgIpc) is 3.16. The van der Waals surface area contributed by atoms with Crippen molar-refractivity contribution in [2.75, 3.05) is 7.05 Å². The lowest BCUT2D eigenvalue weighted by atomic mass is 9.87. The van der Waals surface area contributed by atoms with Crippen LogP contribution in [-0.2, 0) is 16.8 Å². The molecule has 0 unspecified atom stereocenters. The molecule has 1 heterocycles. The number of hydrogen-bond acceptors (Lipinski definition) is 5. The number of amides is 1. The Balaban J connectivity index is 1.59. The highest BCUT2D eigenvalue weighted by atomic mass is 16.5. The van der Waals surface area contributed by atoms with E-state index < -0.39 is 6.10 Å². The number of rotatable bonds is 6. The number of nitrogens with zero attached hydrogens (tertiary/aromatic N) is 3. The van der Waals surface area contributed by atoms with E-state index in [1.54, 1.807) is 14.0 Å². The van der Waals surface area contributed by atoms with Crippen molar-refractivity contribution in [1.82, 2.24) is 15.0 Å². The first kappa shape index (κ1) is 20.6. The fourth-order valence-corrected chi connectivity index (χ4v) is 2.90. The van der Waals surface area contributed by atoms with E-state index in [1.165, 1.54) is 10.5 Å². The van der Waals surface area contributed by atoms with Crippen LogP contribution in [0.5, 0.6) is 5.75 Å². The summed E-state index contributed by atoms with van der Waals surface area (Å²) in [5, 5.41) is 3.98. The van der Waals surface area contributed by atoms with Crippen molar-refractivity contribution in [2.24, 2.45) is 0 Å². The van der Waals surface area contributed by atoms with Crippen molar-refractivity contribution in [3.8, 4) is 17.1 Å². The molecule has 3 aromatic rings. The average molecular weight is 393 g/mol. The van der Waals surface area contributed by atoms with Gasteiger partial charge in [-0.1, -0.05) is 68.4 Å². The molecule has 0 bridgehead atoms. The minimum Gasteiger partial charge on any atom is -0.481 e. The monoisotopic (exact) mass is 393 g/mol. The van der Waals surface area contributed by atoms with Crippen molar-refractivity contribution in [3.63, 3.8) is 0 Å². The summed E-state index contributed by atoms with van der Waals surface area (Å²) in [6.07, 6.45) is -0.628. The molecule has 0 N–H and O–H groups in total. The van der Waals surface area contributed by atoms with E-state index in [1.807, 2.05) is 54.6 Å². The summed E-state index contributed by atoms with van der Waals surface area (Å²) in [6.45, 7) is 8.43. The lowest BCUT2D eigenvalue weighted by Gasteiger charge is -2.22. The lowest BCUT2D eigenvalue weighted by molar-refractivity contribution is -0.137. The van der Waals surface area contributed by atoms with E-state index in [9.17, 15) is 4.79 Å². The van der Waals surface area contributed by atoms with Gasteiger partial charge in [0.25, 0.3) is 5.91 Å². The second-order valence-electron chi connectivity index (χ2n) is 8.11. The standard InChI is InChI=1S/C23H27N3O3/c1-16(28-19-13-11-18(12-14-19)23(2,3)4)22(27)26(5)15-20-24-21(25-29-20)17-9-7-6-8-10-17/h6-14,16H,15H2,1-5H3/t16-/m0/s1. The maximum Gasteiger partial charge on any atom is 0.263 e. The van der Waals surface area contributed by atoms with Gasteiger partial charge in [0.2, 0.25) is 11.7 Å². The molecular weight excluding hydrogens is 366 g/mol. The van der Waals surface area contributed by atoms with Crippen LogP contribution in [0.25, 0.3) is 11.4 Å². The van der Waals surface area contributed by atoms with Crippen molar-refractivity contribution < 1.29 is 14.1 Å². The topological polar surface area (TPSA) is 68.5 Å². The molecule has 29 heavy (non-hydrogen) atoms. The maximum atomic E-state index is 12.7. The van der Waals surface area contributed by atoms with Crippen molar-refractivity contribution in [3.05, 3.63) is 66.1 Å². The Morgan fingerprint density at radius 2 is 1.76 bits per heavy atom. The van der Waals surface area contributed by atoms with Gasteiger partial charge in [-0.25, -0.2) is 0 Å². The van der Waals surface area contributed by atoms with Gasteiger partial charge in [-0.15, -0.1) is 0 Å². The summed E-state index contributed by atoms with van der Waals surface area (Å²) in [6, 6.07) is 17.4. The van der Waals surface area contributed by atoms with Gasteiger partial charge in [0, 0.05) is 12.6 Å². The first-order valence-electron chi connectivity index (χ1n) is 9.64. The van der Waals surface area contributed by atoms with Gasteiger partial charge in [-0.3, -0.25) is 4.79 Å². The van der Waals surface area contributed by atoms with Crippen LogP contribution < -0.4 is 4.74 Å². The predicted molar refractivity (Wildman–Crippen MR) is 111 cm³/mol. The molecule has 0 spiro atoms. The Labute approximate surface area is 171 Å². The SMILES string of the molecule is C[C@H](Oc1ccc(C(C)(C)C)cc1)C(=O)N(C)Cc1nc(-c2ccccc2)no1. The predicted octanol–water partition coefficient (Wildman–Crippen LogP) is 4.46. The molecule has 1 atom stereocenters. The second kappa shape index (κ2) is 8.47. The van der Waals surface area contributed by atoms with Gasteiger partial charge in [0.05, 0.1) is 6.54 Å². The Morgan fingerprint density at radius 1 is 1.10 bits per heavy atom. The quantitative estimate of drug-likeness (QED) is 0.618. The fraction of sp³-hybridized carbons (Fsp3) is 0.348. The molecule has 3 rings (SSSR count). The lowest BCUT2D eigenvalue weighted by Crippen LogP contribution is -2.37. The highest BCUT2D eigenvalue weighted by Crippen LogP contribution is 2.25. The van der Waals surface area contributed by atoms with Crippen LogP contribution in [0.3, 0.4) is 0 Å². The van der Waals surface area contributed by atoms with E-state index in [0.717, 1.165) is 5.56 Å². The van der Waals surface area contributed by atoms with Crippen LogP contribution in [0.4, 0.5) is 0 Å². The molecular formula is C23H27N3O3. The maximum absolute atomic E-state index is 12.7. The molecule has 0 saturated carbocycles. The summed E-state index contributed by atoms with van der Waals surface area (Å²) in [7, 11) is 1.69. The summed E-state index contributed by atoms with van der Waals surface area (Å²) >= 11 is 0.